The van der Waals surface area contributed by atoms with Crippen molar-refractivity contribution in [1.29, 1.82) is 0 Å². The molecule has 18 heavy (non-hydrogen) atoms. The van der Waals surface area contributed by atoms with Gasteiger partial charge >= 0.3 is 0 Å². The van der Waals surface area contributed by atoms with Gasteiger partial charge in [-0.3, -0.25) is 4.79 Å². The molecule has 1 saturated heterocycles. The van der Waals surface area contributed by atoms with E-state index < -0.39 is 0 Å². The van der Waals surface area contributed by atoms with E-state index in [1.54, 1.807) is 0 Å². The van der Waals surface area contributed by atoms with Crippen LogP contribution in [0.1, 0.15) is 65.7 Å². The van der Waals surface area contributed by atoms with E-state index in [2.05, 4.69) is 31.4 Å². The highest BCUT2D eigenvalue weighted by molar-refractivity contribution is 5.82. The molecular formula is C15H30N2O. The first kappa shape index (κ1) is 15.5. The number of carbonyl (C=O) groups is 1. The minimum absolute atomic E-state index is 0.0392. The molecule has 2 N–H and O–H groups in total. The topological polar surface area (TPSA) is 41.1 Å². The minimum atomic E-state index is 0.0392. The number of amides is 1. The first-order chi connectivity index (χ1) is 8.67. The second-order valence-corrected chi connectivity index (χ2v) is 5.71. The molecule has 3 heteroatoms. The zero-order valence-electron chi connectivity index (χ0n) is 12.3. The average molecular weight is 254 g/mol. The molecule has 0 aliphatic carbocycles. The molecule has 1 amide bonds. The molecule has 0 aromatic carbocycles. The second-order valence-electron chi connectivity index (χ2n) is 5.71. The summed E-state index contributed by atoms with van der Waals surface area (Å²) in [6, 6.07) is 0.352. The molecule has 3 unspecified atom stereocenters. The molecule has 0 aromatic rings. The third kappa shape index (κ3) is 5.38. The van der Waals surface area contributed by atoms with E-state index in [1.807, 2.05) is 0 Å². The van der Waals surface area contributed by atoms with E-state index in [0.717, 1.165) is 25.3 Å². The van der Waals surface area contributed by atoms with Crippen LogP contribution in [0.5, 0.6) is 0 Å². The van der Waals surface area contributed by atoms with Crippen LogP contribution in [-0.4, -0.2) is 24.5 Å². The van der Waals surface area contributed by atoms with E-state index in [-0.39, 0.29) is 11.9 Å². The van der Waals surface area contributed by atoms with Gasteiger partial charge in [-0.15, -0.1) is 0 Å². The number of unbranched alkanes of at least 4 members (excludes halogenated alkanes) is 2. The highest BCUT2D eigenvalue weighted by Gasteiger charge is 2.26. The molecule has 3 nitrogen and oxygen atoms in total. The zero-order chi connectivity index (χ0) is 13.4. The van der Waals surface area contributed by atoms with Crippen LogP contribution < -0.4 is 10.6 Å². The van der Waals surface area contributed by atoms with Crippen molar-refractivity contribution in [2.75, 3.05) is 6.54 Å². The Bertz CT molecular complexity index is 243. The molecule has 3 atom stereocenters. The fraction of sp³-hybridized carbons (Fsp3) is 0.933. The molecule has 1 fully saturated rings. The first-order valence-electron chi connectivity index (χ1n) is 7.71. The van der Waals surface area contributed by atoms with Crippen LogP contribution in [0.25, 0.3) is 0 Å². The molecule has 1 aliphatic rings. The minimum Gasteiger partial charge on any atom is -0.352 e. The van der Waals surface area contributed by atoms with Gasteiger partial charge in [-0.05, 0) is 38.6 Å². The number of hydrogen-bond donors (Lipinski definition) is 2. The van der Waals surface area contributed by atoms with Crippen LogP contribution in [0.2, 0.25) is 0 Å². The number of piperidine rings is 1. The van der Waals surface area contributed by atoms with Crippen molar-refractivity contribution >= 4 is 5.91 Å². The van der Waals surface area contributed by atoms with Crippen LogP contribution in [0.3, 0.4) is 0 Å². The summed E-state index contributed by atoms with van der Waals surface area (Å²) in [4.78, 5) is 12.1. The van der Waals surface area contributed by atoms with Gasteiger partial charge in [-0.25, -0.2) is 0 Å². The maximum absolute atomic E-state index is 12.1. The Balaban J connectivity index is 2.26. The Morgan fingerprint density at radius 2 is 2.17 bits per heavy atom. The molecule has 0 spiro atoms. The molecule has 0 aromatic heterocycles. The fourth-order valence-corrected chi connectivity index (χ4v) is 2.68. The summed E-state index contributed by atoms with van der Waals surface area (Å²) in [5, 5.41) is 6.50. The average Bonchev–Trinajstić information content (AvgIpc) is 2.39. The lowest BCUT2D eigenvalue weighted by Gasteiger charge is -2.29. The summed E-state index contributed by atoms with van der Waals surface area (Å²) >= 11 is 0. The van der Waals surface area contributed by atoms with E-state index in [4.69, 9.17) is 0 Å². The standard InChI is InChI=1S/C15H30N2O/c1-4-6-7-8-12(3)17-15(18)14-11-13(5-2)9-10-16-14/h12-14,16H,4-11H2,1-3H3,(H,17,18). The van der Waals surface area contributed by atoms with Crippen molar-refractivity contribution in [3.05, 3.63) is 0 Å². The van der Waals surface area contributed by atoms with Gasteiger partial charge < -0.3 is 10.6 Å². The van der Waals surface area contributed by atoms with E-state index in [0.29, 0.717) is 6.04 Å². The Kier molecular flexibility index (Phi) is 7.33. The van der Waals surface area contributed by atoms with Crippen LogP contribution >= 0.6 is 0 Å². The number of hydrogen-bond acceptors (Lipinski definition) is 2. The summed E-state index contributed by atoms with van der Waals surface area (Å²) in [7, 11) is 0. The van der Waals surface area contributed by atoms with Gasteiger partial charge in [0, 0.05) is 6.04 Å². The Hall–Kier alpha value is -0.570. The summed E-state index contributed by atoms with van der Waals surface area (Å²) < 4.78 is 0. The quantitative estimate of drug-likeness (QED) is 0.686. The lowest BCUT2D eigenvalue weighted by atomic mass is 9.90. The predicted octanol–water partition coefficient (Wildman–Crippen LogP) is 2.85. The summed E-state index contributed by atoms with van der Waals surface area (Å²) in [6.07, 6.45) is 8.23. The van der Waals surface area contributed by atoms with E-state index in [1.165, 1.54) is 32.1 Å². The van der Waals surface area contributed by atoms with E-state index >= 15 is 0 Å². The van der Waals surface area contributed by atoms with Crippen molar-refractivity contribution in [3.8, 4) is 0 Å². The van der Waals surface area contributed by atoms with Crippen LogP contribution in [0.4, 0.5) is 0 Å². The van der Waals surface area contributed by atoms with Gasteiger partial charge in [0.2, 0.25) is 5.91 Å². The van der Waals surface area contributed by atoms with Crippen molar-refractivity contribution in [2.45, 2.75) is 77.8 Å². The SMILES string of the molecule is CCCCCC(C)NC(=O)C1CC(CC)CCN1. The molecule has 0 radical (unpaired) electrons. The highest BCUT2D eigenvalue weighted by atomic mass is 16.2. The van der Waals surface area contributed by atoms with Crippen molar-refractivity contribution < 1.29 is 4.79 Å². The Morgan fingerprint density at radius 1 is 1.39 bits per heavy atom. The molecule has 1 aliphatic heterocycles. The van der Waals surface area contributed by atoms with Gasteiger partial charge in [-0.1, -0.05) is 39.5 Å². The summed E-state index contributed by atoms with van der Waals surface area (Å²) in [5.74, 6) is 0.926. The van der Waals surface area contributed by atoms with Gasteiger partial charge in [0.15, 0.2) is 0 Å². The lowest BCUT2D eigenvalue weighted by molar-refractivity contribution is -0.124. The first-order valence-corrected chi connectivity index (χ1v) is 7.71. The lowest BCUT2D eigenvalue weighted by Crippen LogP contribution is -2.50. The largest absolute Gasteiger partial charge is 0.352 e. The van der Waals surface area contributed by atoms with Crippen LogP contribution in [0.15, 0.2) is 0 Å². The molecule has 1 rings (SSSR count). The third-order valence-corrected chi connectivity index (χ3v) is 4.04. The number of nitrogens with one attached hydrogen (secondary N) is 2. The van der Waals surface area contributed by atoms with Gasteiger partial charge in [0.05, 0.1) is 6.04 Å². The highest BCUT2D eigenvalue weighted by Crippen LogP contribution is 2.19. The normalized spacial score (nSPS) is 25.7. The molecular weight excluding hydrogens is 224 g/mol. The Labute approximate surface area is 112 Å². The maximum atomic E-state index is 12.1. The van der Waals surface area contributed by atoms with Crippen molar-refractivity contribution in [2.24, 2.45) is 5.92 Å². The monoisotopic (exact) mass is 254 g/mol. The molecule has 106 valence electrons. The van der Waals surface area contributed by atoms with Gasteiger partial charge in [-0.2, -0.15) is 0 Å². The molecule has 1 heterocycles. The van der Waals surface area contributed by atoms with Crippen LogP contribution in [0, 0.1) is 5.92 Å². The van der Waals surface area contributed by atoms with Crippen molar-refractivity contribution in [1.82, 2.24) is 10.6 Å². The summed E-state index contributed by atoms with van der Waals surface area (Å²) in [5.41, 5.74) is 0. The van der Waals surface area contributed by atoms with Gasteiger partial charge in [0.25, 0.3) is 0 Å². The maximum Gasteiger partial charge on any atom is 0.237 e. The number of carbonyl (C=O) groups excluding carboxylic acids is 1. The summed E-state index contributed by atoms with van der Waals surface area (Å²) in [6.45, 7) is 7.53. The fourth-order valence-electron chi connectivity index (χ4n) is 2.68. The molecule has 0 bridgehead atoms. The Morgan fingerprint density at radius 3 is 2.83 bits per heavy atom. The van der Waals surface area contributed by atoms with Crippen LogP contribution in [-0.2, 0) is 4.79 Å². The predicted molar refractivity (Wildman–Crippen MR) is 76.6 cm³/mol. The van der Waals surface area contributed by atoms with Crippen molar-refractivity contribution in [3.63, 3.8) is 0 Å². The molecule has 0 saturated carbocycles. The number of rotatable bonds is 7. The zero-order valence-corrected chi connectivity index (χ0v) is 12.3. The smallest absolute Gasteiger partial charge is 0.237 e. The third-order valence-electron chi connectivity index (χ3n) is 4.04. The van der Waals surface area contributed by atoms with Gasteiger partial charge in [0.1, 0.15) is 0 Å². The second kappa shape index (κ2) is 8.52. The van der Waals surface area contributed by atoms with E-state index in [9.17, 15) is 4.79 Å².